The van der Waals surface area contributed by atoms with Crippen LogP contribution in [0.5, 0.6) is 5.75 Å². The first-order valence-electron chi connectivity index (χ1n) is 6.95. The second kappa shape index (κ2) is 6.84. The molecule has 0 radical (unpaired) electrons. The monoisotopic (exact) mass is 377 g/mol. The Morgan fingerprint density at radius 2 is 2.14 bits per heavy atom. The van der Waals surface area contributed by atoms with Crippen LogP contribution in [0.25, 0.3) is 0 Å². The van der Waals surface area contributed by atoms with Gasteiger partial charge in [0.05, 0.1) is 17.7 Å². The summed E-state index contributed by atoms with van der Waals surface area (Å²) >= 11 is 9.73. The zero-order valence-corrected chi connectivity index (χ0v) is 14.9. The van der Waals surface area contributed by atoms with Crippen molar-refractivity contribution < 1.29 is 14.7 Å². The minimum Gasteiger partial charge on any atom is -0.492 e. The summed E-state index contributed by atoms with van der Waals surface area (Å²) in [6, 6.07) is 3.69. The normalized spacial score (nSPS) is 21.1. The Morgan fingerprint density at radius 1 is 1.43 bits per heavy atom. The Balaban J connectivity index is 2.12. The number of ether oxygens (including phenoxy) is 2. The zero-order valence-electron chi connectivity index (χ0n) is 12.5. The van der Waals surface area contributed by atoms with Crippen LogP contribution >= 0.6 is 27.5 Å². The lowest BCUT2D eigenvalue weighted by Crippen LogP contribution is -2.55. The van der Waals surface area contributed by atoms with Crippen molar-refractivity contribution in [1.82, 2.24) is 5.06 Å². The molecule has 2 rings (SSSR count). The van der Waals surface area contributed by atoms with Crippen LogP contribution in [0.4, 0.5) is 0 Å². The Morgan fingerprint density at radius 3 is 2.71 bits per heavy atom. The van der Waals surface area contributed by atoms with Crippen LogP contribution in [0.1, 0.15) is 38.3 Å². The summed E-state index contributed by atoms with van der Waals surface area (Å²) in [5.41, 5.74) is 0.798. The maximum atomic E-state index is 10.1. The fraction of sp³-hybridized carbons (Fsp3) is 0.600. The van der Waals surface area contributed by atoms with Crippen molar-refractivity contribution in [2.75, 3.05) is 20.3 Å². The van der Waals surface area contributed by atoms with E-state index in [1.807, 2.05) is 26.0 Å². The molecule has 1 fully saturated rings. The van der Waals surface area contributed by atoms with Crippen molar-refractivity contribution in [2.24, 2.45) is 0 Å². The van der Waals surface area contributed by atoms with Crippen molar-refractivity contribution in [3.05, 3.63) is 27.2 Å². The molecule has 1 aliphatic rings. The lowest BCUT2D eigenvalue weighted by molar-refractivity contribution is -0.265. The highest BCUT2D eigenvalue weighted by atomic mass is 79.9. The van der Waals surface area contributed by atoms with Gasteiger partial charge in [-0.15, -0.1) is 0 Å². The minimum atomic E-state index is -0.191. The van der Waals surface area contributed by atoms with E-state index in [1.54, 1.807) is 7.11 Å². The number of hydrogen-bond donors (Lipinski definition) is 1. The molecule has 0 spiro atoms. The summed E-state index contributed by atoms with van der Waals surface area (Å²) in [5, 5.41) is 12.1. The van der Waals surface area contributed by atoms with Gasteiger partial charge in [-0.1, -0.05) is 27.5 Å². The number of benzene rings is 1. The van der Waals surface area contributed by atoms with Crippen molar-refractivity contribution in [1.29, 1.82) is 0 Å². The van der Waals surface area contributed by atoms with E-state index in [2.05, 4.69) is 15.9 Å². The molecule has 118 valence electrons. The lowest BCUT2D eigenvalue weighted by atomic mass is 9.81. The van der Waals surface area contributed by atoms with Crippen molar-refractivity contribution >= 4 is 27.5 Å². The van der Waals surface area contributed by atoms with Gasteiger partial charge in [0, 0.05) is 30.1 Å². The Bertz CT molecular complexity index is 510. The van der Waals surface area contributed by atoms with Gasteiger partial charge in [0.15, 0.2) is 0 Å². The molecule has 1 aliphatic heterocycles. The molecule has 6 heteroatoms. The van der Waals surface area contributed by atoms with Crippen LogP contribution in [0.3, 0.4) is 0 Å². The van der Waals surface area contributed by atoms with E-state index in [9.17, 15) is 5.21 Å². The molecule has 0 unspecified atom stereocenters. The molecule has 1 aromatic rings. The quantitative estimate of drug-likeness (QED) is 0.743. The van der Waals surface area contributed by atoms with Gasteiger partial charge in [-0.05, 0) is 38.0 Å². The van der Waals surface area contributed by atoms with Gasteiger partial charge in [0.1, 0.15) is 5.75 Å². The third-order valence-electron chi connectivity index (χ3n) is 3.77. The fourth-order valence-corrected chi connectivity index (χ4v) is 3.46. The Kier molecular flexibility index (Phi) is 5.54. The standard InChI is InChI=1S/C15H21BrClNO3/c1-15(2)9-13(18(15)19)10-7-14(12(17)8-11(10)16)21-6-4-5-20-3/h7-8,13,19H,4-6,9H2,1-3H3/t13-/m0/s1. The predicted octanol–water partition coefficient (Wildman–Crippen LogP) is 4.43. The molecule has 4 nitrogen and oxygen atoms in total. The Hall–Kier alpha value is -0.330. The average Bonchev–Trinajstić information content (AvgIpc) is 2.43. The van der Waals surface area contributed by atoms with Crippen LogP contribution in [0.15, 0.2) is 16.6 Å². The van der Waals surface area contributed by atoms with Crippen molar-refractivity contribution in [2.45, 2.75) is 38.3 Å². The summed E-state index contributed by atoms with van der Waals surface area (Å²) in [6.07, 6.45) is 1.69. The summed E-state index contributed by atoms with van der Waals surface area (Å²) in [6.45, 7) is 5.22. The number of rotatable bonds is 6. The van der Waals surface area contributed by atoms with Crippen LogP contribution in [-0.4, -0.2) is 36.1 Å². The maximum absolute atomic E-state index is 10.1. The number of methoxy groups -OCH3 is 1. The average molecular weight is 379 g/mol. The third-order valence-corrected chi connectivity index (χ3v) is 4.75. The number of nitrogens with zero attached hydrogens (tertiary/aromatic N) is 1. The van der Waals surface area contributed by atoms with Crippen molar-refractivity contribution in [3.63, 3.8) is 0 Å². The van der Waals surface area contributed by atoms with E-state index in [0.717, 1.165) is 22.9 Å². The van der Waals surface area contributed by atoms with E-state index in [-0.39, 0.29) is 11.6 Å². The van der Waals surface area contributed by atoms with Gasteiger partial charge in [-0.3, -0.25) is 0 Å². The molecule has 0 bridgehead atoms. The van der Waals surface area contributed by atoms with E-state index in [4.69, 9.17) is 21.1 Å². The largest absolute Gasteiger partial charge is 0.492 e. The number of halogens is 2. The van der Waals surface area contributed by atoms with Crippen LogP contribution in [0, 0.1) is 0 Å². The molecule has 0 aliphatic carbocycles. The summed E-state index contributed by atoms with van der Waals surface area (Å²) < 4.78 is 11.6. The van der Waals surface area contributed by atoms with Gasteiger partial charge < -0.3 is 14.7 Å². The highest BCUT2D eigenvalue weighted by Gasteiger charge is 2.46. The SMILES string of the molecule is COCCCOc1cc([C@@H]2CC(C)(C)N2O)c(Br)cc1Cl. The maximum Gasteiger partial charge on any atom is 0.138 e. The predicted molar refractivity (Wildman–Crippen MR) is 86.2 cm³/mol. The number of hydroxylamine groups is 2. The molecule has 0 amide bonds. The van der Waals surface area contributed by atoms with Gasteiger partial charge in [0.25, 0.3) is 0 Å². The molecule has 1 atom stereocenters. The molecule has 0 aromatic heterocycles. The second-order valence-electron chi connectivity index (χ2n) is 5.88. The van der Waals surface area contributed by atoms with E-state index in [0.29, 0.717) is 24.0 Å². The van der Waals surface area contributed by atoms with E-state index >= 15 is 0 Å². The van der Waals surface area contributed by atoms with E-state index in [1.165, 1.54) is 5.06 Å². The Labute approximate surface area is 139 Å². The molecular formula is C15H21BrClNO3. The van der Waals surface area contributed by atoms with E-state index < -0.39 is 0 Å². The van der Waals surface area contributed by atoms with Crippen LogP contribution < -0.4 is 4.74 Å². The first kappa shape index (κ1) is 17.0. The second-order valence-corrected chi connectivity index (χ2v) is 7.14. The molecule has 1 saturated heterocycles. The fourth-order valence-electron chi connectivity index (χ4n) is 2.50. The first-order valence-corrected chi connectivity index (χ1v) is 8.13. The summed E-state index contributed by atoms with van der Waals surface area (Å²) in [5.74, 6) is 0.643. The zero-order chi connectivity index (χ0) is 15.6. The lowest BCUT2D eigenvalue weighted by Gasteiger charge is -2.51. The van der Waals surface area contributed by atoms with Crippen LogP contribution in [0.2, 0.25) is 5.02 Å². The first-order chi connectivity index (χ1) is 9.86. The molecular weight excluding hydrogens is 358 g/mol. The van der Waals surface area contributed by atoms with Gasteiger partial charge in [0.2, 0.25) is 0 Å². The minimum absolute atomic E-state index is 0.0343. The third kappa shape index (κ3) is 3.71. The highest BCUT2D eigenvalue weighted by molar-refractivity contribution is 9.10. The highest BCUT2D eigenvalue weighted by Crippen LogP contribution is 2.48. The smallest absolute Gasteiger partial charge is 0.138 e. The van der Waals surface area contributed by atoms with Gasteiger partial charge in [-0.2, -0.15) is 5.06 Å². The molecule has 1 N–H and O–H groups in total. The summed E-state index contributed by atoms with van der Waals surface area (Å²) in [4.78, 5) is 0. The summed E-state index contributed by atoms with van der Waals surface area (Å²) in [7, 11) is 1.67. The number of hydrogen-bond acceptors (Lipinski definition) is 4. The molecule has 1 aromatic carbocycles. The van der Waals surface area contributed by atoms with Gasteiger partial charge >= 0.3 is 0 Å². The molecule has 21 heavy (non-hydrogen) atoms. The van der Waals surface area contributed by atoms with Crippen LogP contribution in [-0.2, 0) is 4.74 Å². The van der Waals surface area contributed by atoms with Crippen molar-refractivity contribution in [3.8, 4) is 5.75 Å². The molecule has 0 saturated carbocycles. The molecule has 1 heterocycles. The topological polar surface area (TPSA) is 41.9 Å². The van der Waals surface area contributed by atoms with Gasteiger partial charge in [-0.25, -0.2) is 0 Å².